The lowest BCUT2D eigenvalue weighted by molar-refractivity contribution is 0.0524. The van der Waals surface area contributed by atoms with E-state index in [1.807, 2.05) is 24.3 Å². The average molecular weight is 325 g/mol. The molecular formula is C20H23NO3. The molecule has 2 aromatic rings. The molecule has 0 aliphatic rings. The molecule has 0 unspecified atom stereocenters. The largest absolute Gasteiger partial charge is 0.462 e. The normalized spacial score (nSPS) is 10.4. The minimum atomic E-state index is -0.365. The number of carbonyl (C=O) groups excluding carboxylic acids is 2. The lowest BCUT2D eigenvalue weighted by Gasteiger charge is -2.09. The van der Waals surface area contributed by atoms with E-state index in [9.17, 15) is 9.59 Å². The molecule has 0 N–H and O–H groups in total. The summed E-state index contributed by atoms with van der Waals surface area (Å²) in [7, 11) is 0. The van der Waals surface area contributed by atoms with Crippen molar-refractivity contribution in [3.63, 3.8) is 0 Å². The number of benzene rings is 1. The van der Waals surface area contributed by atoms with Gasteiger partial charge in [0.05, 0.1) is 17.9 Å². The Kier molecular flexibility index (Phi) is 6.67. The van der Waals surface area contributed by atoms with Crippen molar-refractivity contribution < 1.29 is 14.3 Å². The van der Waals surface area contributed by atoms with Gasteiger partial charge in [-0.05, 0) is 37.1 Å². The summed E-state index contributed by atoms with van der Waals surface area (Å²) in [6, 6.07) is 11.0. The molecule has 2 rings (SSSR count). The van der Waals surface area contributed by atoms with E-state index >= 15 is 0 Å². The first kappa shape index (κ1) is 17.9. The number of ether oxygens (including phenoxy) is 1. The van der Waals surface area contributed by atoms with Crippen LogP contribution in [0.15, 0.2) is 42.6 Å². The third kappa shape index (κ3) is 4.75. The predicted octanol–water partition coefficient (Wildman–Crippen LogP) is 4.22. The van der Waals surface area contributed by atoms with E-state index in [0.717, 1.165) is 24.0 Å². The van der Waals surface area contributed by atoms with Gasteiger partial charge in [-0.15, -0.1) is 0 Å². The number of Topliss-reactive ketones (excluding diaryl/α,β-unsaturated/α-hetero) is 1. The summed E-state index contributed by atoms with van der Waals surface area (Å²) in [4.78, 5) is 28.5. The Morgan fingerprint density at radius 1 is 1.12 bits per heavy atom. The lowest BCUT2D eigenvalue weighted by Crippen LogP contribution is -2.10. The topological polar surface area (TPSA) is 56.3 Å². The fraction of sp³-hybridized carbons (Fsp3) is 0.350. The second-order valence-corrected chi connectivity index (χ2v) is 5.62. The molecule has 126 valence electrons. The Labute approximate surface area is 142 Å². The SMILES string of the molecule is CCCCC(=O)c1cccc(Cc2ncccc2C(=O)OCC)c1. The summed E-state index contributed by atoms with van der Waals surface area (Å²) in [5, 5.41) is 0. The van der Waals surface area contributed by atoms with Crippen molar-refractivity contribution in [1.82, 2.24) is 4.98 Å². The van der Waals surface area contributed by atoms with Crippen LogP contribution in [-0.2, 0) is 11.2 Å². The second-order valence-electron chi connectivity index (χ2n) is 5.62. The molecule has 0 spiro atoms. The molecular weight excluding hydrogens is 302 g/mol. The molecule has 1 aromatic carbocycles. The van der Waals surface area contributed by atoms with Gasteiger partial charge in [0.1, 0.15) is 0 Å². The quantitative estimate of drug-likeness (QED) is 0.538. The number of aromatic nitrogens is 1. The third-order valence-corrected chi connectivity index (χ3v) is 3.76. The summed E-state index contributed by atoms with van der Waals surface area (Å²) < 4.78 is 5.08. The van der Waals surface area contributed by atoms with Gasteiger partial charge in [0.25, 0.3) is 0 Å². The minimum Gasteiger partial charge on any atom is -0.462 e. The van der Waals surface area contributed by atoms with Crippen molar-refractivity contribution in [3.05, 3.63) is 65.0 Å². The molecule has 1 aromatic heterocycles. The second kappa shape index (κ2) is 8.96. The Morgan fingerprint density at radius 3 is 2.71 bits per heavy atom. The molecule has 0 fully saturated rings. The molecule has 24 heavy (non-hydrogen) atoms. The monoisotopic (exact) mass is 325 g/mol. The first-order chi connectivity index (χ1) is 11.7. The van der Waals surface area contributed by atoms with Crippen molar-refractivity contribution in [1.29, 1.82) is 0 Å². The number of nitrogens with zero attached hydrogens (tertiary/aromatic N) is 1. The van der Waals surface area contributed by atoms with Gasteiger partial charge in [0.15, 0.2) is 5.78 Å². The fourth-order valence-corrected chi connectivity index (χ4v) is 2.50. The summed E-state index contributed by atoms with van der Waals surface area (Å²) in [6.45, 7) is 4.18. The van der Waals surface area contributed by atoms with Gasteiger partial charge in [-0.2, -0.15) is 0 Å². The molecule has 1 heterocycles. The van der Waals surface area contributed by atoms with Crippen LogP contribution in [0.1, 0.15) is 65.1 Å². The van der Waals surface area contributed by atoms with Gasteiger partial charge >= 0.3 is 5.97 Å². The molecule has 0 aliphatic carbocycles. The number of esters is 1. The molecule has 0 bridgehead atoms. The summed E-state index contributed by atoms with van der Waals surface area (Å²) >= 11 is 0. The van der Waals surface area contributed by atoms with Crippen LogP contribution in [-0.4, -0.2) is 23.3 Å². The van der Waals surface area contributed by atoms with Crippen molar-refractivity contribution in [3.8, 4) is 0 Å². The van der Waals surface area contributed by atoms with Crippen LogP contribution in [0, 0.1) is 0 Å². The number of rotatable bonds is 8. The highest BCUT2D eigenvalue weighted by molar-refractivity contribution is 5.96. The summed E-state index contributed by atoms with van der Waals surface area (Å²) in [6.07, 6.45) is 4.62. The maximum Gasteiger partial charge on any atom is 0.339 e. The van der Waals surface area contributed by atoms with Gasteiger partial charge in [-0.3, -0.25) is 9.78 Å². The number of hydrogen-bond acceptors (Lipinski definition) is 4. The molecule has 0 saturated heterocycles. The molecule has 0 radical (unpaired) electrons. The van der Waals surface area contributed by atoms with Crippen LogP contribution in [0.2, 0.25) is 0 Å². The Balaban J connectivity index is 2.20. The smallest absolute Gasteiger partial charge is 0.339 e. The van der Waals surface area contributed by atoms with Crippen molar-refractivity contribution in [2.75, 3.05) is 6.61 Å². The predicted molar refractivity (Wildman–Crippen MR) is 93.3 cm³/mol. The van der Waals surface area contributed by atoms with Gasteiger partial charge in [-0.1, -0.05) is 31.5 Å². The van der Waals surface area contributed by atoms with Crippen molar-refractivity contribution in [2.24, 2.45) is 0 Å². The van der Waals surface area contributed by atoms with Crippen molar-refractivity contribution >= 4 is 11.8 Å². The van der Waals surface area contributed by atoms with E-state index in [1.165, 1.54) is 0 Å². The number of hydrogen-bond donors (Lipinski definition) is 0. The first-order valence-electron chi connectivity index (χ1n) is 8.38. The van der Waals surface area contributed by atoms with Crippen molar-refractivity contribution in [2.45, 2.75) is 39.5 Å². The molecule has 0 aliphatic heterocycles. The highest BCUT2D eigenvalue weighted by Gasteiger charge is 2.14. The molecule has 4 heteroatoms. The minimum absolute atomic E-state index is 0.158. The lowest BCUT2D eigenvalue weighted by atomic mass is 9.99. The van der Waals surface area contributed by atoms with E-state index in [1.54, 1.807) is 25.3 Å². The number of ketones is 1. The van der Waals surface area contributed by atoms with Crippen LogP contribution >= 0.6 is 0 Å². The highest BCUT2D eigenvalue weighted by Crippen LogP contribution is 2.16. The number of pyridine rings is 1. The van der Waals surface area contributed by atoms with E-state index < -0.39 is 0 Å². The Hall–Kier alpha value is -2.49. The Morgan fingerprint density at radius 2 is 1.96 bits per heavy atom. The molecule has 0 saturated carbocycles. The molecule has 4 nitrogen and oxygen atoms in total. The first-order valence-corrected chi connectivity index (χ1v) is 8.38. The van der Waals surface area contributed by atoms with Crippen LogP contribution in [0.3, 0.4) is 0 Å². The maximum atomic E-state index is 12.2. The highest BCUT2D eigenvalue weighted by atomic mass is 16.5. The van der Waals surface area contributed by atoms with Crippen LogP contribution in [0.25, 0.3) is 0 Å². The Bertz CT molecular complexity index is 710. The van der Waals surface area contributed by atoms with Gasteiger partial charge < -0.3 is 4.74 Å². The van der Waals surface area contributed by atoms with Crippen LogP contribution in [0.4, 0.5) is 0 Å². The van der Waals surface area contributed by atoms with Gasteiger partial charge in [-0.25, -0.2) is 4.79 Å². The van der Waals surface area contributed by atoms with Gasteiger partial charge in [0.2, 0.25) is 0 Å². The van der Waals surface area contributed by atoms with E-state index in [-0.39, 0.29) is 11.8 Å². The zero-order valence-electron chi connectivity index (χ0n) is 14.2. The summed E-state index contributed by atoms with van der Waals surface area (Å²) in [5.41, 5.74) is 2.81. The number of carbonyl (C=O) groups is 2. The zero-order chi connectivity index (χ0) is 17.4. The molecule has 0 amide bonds. The third-order valence-electron chi connectivity index (χ3n) is 3.76. The zero-order valence-corrected chi connectivity index (χ0v) is 14.2. The number of unbranched alkanes of at least 4 members (excludes halogenated alkanes) is 1. The van der Waals surface area contributed by atoms with E-state index in [2.05, 4.69) is 11.9 Å². The molecule has 0 atom stereocenters. The van der Waals surface area contributed by atoms with Crippen LogP contribution in [0.5, 0.6) is 0 Å². The fourth-order valence-electron chi connectivity index (χ4n) is 2.50. The summed E-state index contributed by atoms with van der Waals surface area (Å²) in [5.74, 6) is -0.207. The van der Waals surface area contributed by atoms with Gasteiger partial charge in [0, 0.05) is 24.6 Å². The van der Waals surface area contributed by atoms with Crippen LogP contribution < -0.4 is 0 Å². The standard InChI is InChI=1S/C20H23NO3/c1-3-5-11-19(22)16-9-6-8-15(13-16)14-18-17(10-7-12-21-18)20(23)24-4-2/h6-10,12-13H,3-5,11,14H2,1-2H3. The maximum absolute atomic E-state index is 12.2. The average Bonchev–Trinajstić information content (AvgIpc) is 2.60. The van der Waals surface area contributed by atoms with E-state index in [0.29, 0.717) is 30.7 Å². The van der Waals surface area contributed by atoms with E-state index in [4.69, 9.17) is 4.74 Å².